The topological polar surface area (TPSA) is 44.5 Å². The molecule has 0 radical (unpaired) electrons. The van der Waals surface area contributed by atoms with Gasteiger partial charge in [-0.05, 0) is 31.4 Å². The van der Waals surface area contributed by atoms with Crippen LogP contribution in [0.25, 0.3) is 5.13 Å². The van der Waals surface area contributed by atoms with E-state index < -0.39 is 0 Å². The van der Waals surface area contributed by atoms with E-state index in [1.54, 1.807) is 11.3 Å². The van der Waals surface area contributed by atoms with E-state index >= 15 is 0 Å². The third kappa shape index (κ3) is 4.03. The van der Waals surface area contributed by atoms with Gasteiger partial charge in [0.05, 0.1) is 0 Å². The van der Waals surface area contributed by atoms with E-state index in [0.29, 0.717) is 6.04 Å². The van der Waals surface area contributed by atoms with Gasteiger partial charge in [0, 0.05) is 68.3 Å². The maximum Gasteiger partial charge on any atom is 0.193 e. The molecule has 0 aromatic carbocycles. The van der Waals surface area contributed by atoms with Crippen molar-refractivity contribution in [2.45, 2.75) is 57.2 Å². The first-order chi connectivity index (χ1) is 12.8. The van der Waals surface area contributed by atoms with E-state index in [4.69, 9.17) is 0 Å². The van der Waals surface area contributed by atoms with Gasteiger partial charge in [-0.15, -0.1) is 11.3 Å². The smallest absolute Gasteiger partial charge is 0.193 e. The fourth-order valence-corrected chi connectivity index (χ4v) is 5.33. The SMILES string of the molecule is OCC[C@@H]1CN(Cc2cccn2-c2nccs2)CCN1C1CCCCC1. The first-order valence-electron chi connectivity index (χ1n) is 10.00. The second-order valence-electron chi connectivity index (χ2n) is 7.62. The average Bonchev–Trinajstić information content (AvgIpc) is 3.34. The lowest BCUT2D eigenvalue weighted by Crippen LogP contribution is -2.56. The van der Waals surface area contributed by atoms with Gasteiger partial charge in [0.1, 0.15) is 0 Å². The standard InChI is InChI=1S/C20H30N4OS/c25-13-8-19-16-22(11-12-23(19)17-5-2-1-3-6-17)15-18-7-4-10-24(18)20-21-9-14-26-20/h4,7,9-10,14,17,19,25H,1-3,5-6,8,11-13,15-16H2/t19-/m1/s1. The predicted octanol–water partition coefficient (Wildman–Crippen LogP) is 3.14. The van der Waals surface area contributed by atoms with Crippen LogP contribution in [0.3, 0.4) is 0 Å². The third-order valence-electron chi connectivity index (χ3n) is 5.96. The molecular formula is C20H30N4OS. The summed E-state index contributed by atoms with van der Waals surface area (Å²) in [6.45, 7) is 4.54. The Morgan fingerprint density at radius 3 is 2.85 bits per heavy atom. The Labute approximate surface area is 160 Å². The Bertz CT molecular complexity index is 665. The number of aliphatic hydroxyl groups is 1. The van der Waals surface area contributed by atoms with E-state index in [0.717, 1.165) is 43.8 Å². The van der Waals surface area contributed by atoms with Crippen LogP contribution in [0.15, 0.2) is 29.9 Å². The normalized spacial score (nSPS) is 23.5. The minimum atomic E-state index is 0.289. The maximum absolute atomic E-state index is 9.59. The molecule has 2 fully saturated rings. The zero-order chi connectivity index (χ0) is 17.8. The molecule has 5 nitrogen and oxygen atoms in total. The molecule has 1 atom stereocenters. The van der Waals surface area contributed by atoms with Crippen LogP contribution >= 0.6 is 11.3 Å². The van der Waals surface area contributed by atoms with Crippen molar-refractivity contribution in [3.8, 4) is 5.13 Å². The van der Waals surface area contributed by atoms with Crippen LogP contribution in [-0.2, 0) is 6.54 Å². The minimum absolute atomic E-state index is 0.289. The van der Waals surface area contributed by atoms with Crippen LogP contribution in [0.2, 0.25) is 0 Å². The van der Waals surface area contributed by atoms with E-state index in [9.17, 15) is 5.11 Å². The molecule has 0 amide bonds. The summed E-state index contributed by atoms with van der Waals surface area (Å²) in [6, 6.07) is 5.54. The number of aliphatic hydroxyl groups excluding tert-OH is 1. The summed E-state index contributed by atoms with van der Waals surface area (Å²) in [5.74, 6) is 0. The van der Waals surface area contributed by atoms with E-state index in [2.05, 4.69) is 37.7 Å². The van der Waals surface area contributed by atoms with Gasteiger partial charge in [0.25, 0.3) is 0 Å². The number of aromatic nitrogens is 2. The highest BCUT2D eigenvalue weighted by Crippen LogP contribution is 2.27. The van der Waals surface area contributed by atoms with Crippen molar-refractivity contribution >= 4 is 11.3 Å². The molecule has 3 heterocycles. The van der Waals surface area contributed by atoms with Gasteiger partial charge >= 0.3 is 0 Å². The quantitative estimate of drug-likeness (QED) is 0.844. The number of thiazole rings is 1. The lowest BCUT2D eigenvalue weighted by molar-refractivity contribution is 0.0131. The van der Waals surface area contributed by atoms with Crippen LogP contribution in [0.4, 0.5) is 0 Å². The van der Waals surface area contributed by atoms with Crippen molar-refractivity contribution in [3.05, 3.63) is 35.6 Å². The zero-order valence-corrected chi connectivity index (χ0v) is 16.3. The Morgan fingerprint density at radius 1 is 1.19 bits per heavy atom. The molecule has 26 heavy (non-hydrogen) atoms. The number of rotatable bonds is 6. The van der Waals surface area contributed by atoms with Crippen molar-refractivity contribution < 1.29 is 5.11 Å². The summed E-state index contributed by atoms with van der Waals surface area (Å²) in [5.41, 5.74) is 1.30. The van der Waals surface area contributed by atoms with Crippen molar-refractivity contribution in [2.75, 3.05) is 26.2 Å². The van der Waals surface area contributed by atoms with Gasteiger partial charge in [0.15, 0.2) is 5.13 Å². The summed E-state index contributed by atoms with van der Waals surface area (Å²) in [7, 11) is 0. The highest BCUT2D eigenvalue weighted by atomic mass is 32.1. The Hall–Kier alpha value is -1.21. The van der Waals surface area contributed by atoms with Gasteiger partial charge in [-0.1, -0.05) is 19.3 Å². The van der Waals surface area contributed by atoms with E-state index in [1.807, 2.05) is 11.6 Å². The molecular weight excluding hydrogens is 344 g/mol. The lowest BCUT2D eigenvalue weighted by Gasteiger charge is -2.46. The molecule has 0 spiro atoms. The van der Waals surface area contributed by atoms with Crippen LogP contribution in [-0.4, -0.2) is 62.8 Å². The van der Waals surface area contributed by atoms with E-state index in [1.165, 1.54) is 37.8 Å². The molecule has 1 N–H and O–H groups in total. The molecule has 1 aliphatic carbocycles. The molecule has 1 saturated heterocycles. The Kier molecular flexibility index (Phi) is 6.05. The van der Waals surface area contributed by atoms with Crippen LogP contribution in [0.1, 0.15) is 44.2 Å². The summed E-state index contributed by atoms with van der Waals surface area (Å²) in [5, 5.41) is 12.7. The maximum atomic E-state index is 9.59. The van der Waals surface area contributed by atoms with Gasteiger partial charge in [-0.3, -0.25) is 14.4 Å². The zero-order valence-electron chi connectivity index (χ0n) is 15.5. The second kappa shape index (κ2) is 8.65. The van der Waals surface area contributed by atoms with Crippen molar-refractivity contribution in [1.29, 1.82) is 0 Å². The molecule has 142 valence electrons. The first-order valence-corrected chi connectivity index (χ1v) is 10.9. The Balaban J connectivity index is 1.42. The average molecular weight is 375 g/mol. The van der Waals surface area contributed by atoms with Crippen molar-refractivity contribution in [1.82, 2.24) is 19.4 Å². The predicted molar refractivity (Wildman–Crippen MR) is 106 cm³/mol. The summed E-state index contributed by atoms with van der Waals surface area (Å²) in [4.78, 5) is 9.72. The van der Waals surface area contributed by atoms with Gasteiger partial charge in [-0.25, -0.2) is 4.98 Å². The third-order valence-corrected chi connectivity index (χ3v) is 6.73. The highest BCUT2D eigenvalue weighted by Gasteiger charge is 2.32. The molecule has 0 unspecified atom stereocenters. The monoisotopic (exact) mass is 374 g/mol. The Morgan fingerprint density at radius 2 is 2.08 bits per heavy atom. The fourth-order valence-electron chi connectivity index (χ4n) is 4.67. The summed E-state index contributed by atoms with van der Waals surface area (Å²) < 4.78 is 2.21. The molecule has 2 aromatic heterocycles. The minimum Gasteiger partial charge on any atom is -0.396 e. The molecule has 1 aliphatic heterocycles. The van der Waals surface area contributed by atoms with Gasteiger partial charge in [0.2, 0.25) is 0 Å². The van der Waals surface area contributed by atoms with Gasteiger partial charge in [-0.2, -0.15) is 0 Å². The molecule has 0 bridgehead atoms. The van der Waals surface area contributed by atoms with Crippen LogP contribution in [0.5, 0.6) is 0 Å². The second-order valence-corrected chi connectivity index (χ2v) is 8.49. The molecule has 4 rings (SSSR count). The van der Waals surface area contributed by atoms with Crippen molar-refractivity contribution in [2.24, 2.45) is 0 Å². The number of nitrogens with zero attached hydrogens (tertiary/aromatic N) is 4. The van der Waals surface area contributed by atoms with Gasteiger partial charge < -0.3 is 5.11 Å². The van der Waals surface area contributed by atoms with Crippen LogP contribution in [0, 0.1) is 0 Å². The largest absolute Gasteiger partial charge is 0.396 e. The molecule has 6 heteroatoms. The summed E-state index contributed by atoms with van der Waals surface area (Å²) >= 11 is 1.68. The number of hydrogen-bond donors (Lipinski definition) is 1. The summed E-state index contributed by atoms with van der Waals surface area (Å²) in [6.07, 6.45) is 11.7. The number of hydrogen-bond acceptors (Lipinski definition) is 5. The first kappa shape index (κ1) is 18.2. The van der Waals surface area contributed by atoms with E-state index in [-0.39, 0.29) is 6.61 Å². The molecule has 1 saturated carbocycles. The number of piperazine rings is 1. The van der Waals surface area contributed by atoms with Crippen molar-refractivity contribution in [3.63, 3.8) is 0 Å². The highest BCUT2D eigenvalue weighted by molar-refractivity contribution is 7.12. The molecule has 2 aromatic rings. The fraction of sp³-hybridized carbons (Fsp3) is 0.650. The lowest BCUT2D eigenvalue weighted by atomic mass is 9.92. The van der Waals surface area contributed by atoms with Crippen LogP contribution < -0.4 is 0 Å². The molecule has 2 aliphatic rings.